The van der Waals surface area contributed by atoms with Crippen molar-refractivity contribution in [1.29, 1.82) is 0 Å². The van der Waals surface area contributed by atoms with Gasteiger partial charge in [0, 0.05) is 5.92 Å². The van der Waals surface area contributed by atoms with Gasteiger partial charge in [-0.25, -0.2) is 4.18 Å². The van der Waals surface area contributed by atoms with E-state index in [2.05, 4.69) is 19.9 Å². The molecule has 5 heterocycles. The van der Waals surface area contributed by atoms with E-state index in [0.29, 0.717) is 32.1 Å². The Morgan fingerprint density at radius 2 is 1.15 bits per heavy atom. The molecule has 8 fully saturated rings. The highest BCUT2D eigenvalue weighted by molar-refractivity contribution is 7.80. The molecular formula is C50H80O27S. The number of fused-ring (bicyclic) bond motifs is 5. The summed E-state index contributed by atoms with van der Waals surface area (Å²) in [5.74, 6) is -0.507. The second-order valence-electron chi connectivity index (χ2n) is 23.6. The van der Waals surface area contributed by atoms with E-state index < -0.39 is 195 Å². The summed E-state index contributed by atoms with van der Waals surface area (Å²) in [6.07, 6.45) is -36.7. The minimum Gasteiger partial charge on any atom is -0.394 e. The third-order valence-electron chi connectivity index (χ3n) is 18.8. The molecule has 0 aromatic carbocycles. The first-order valence-electron chi connectivity index (χ1n) is 27.0. The number of aliphatic hydroxyl groups is 12. The minimum atomic E-state index is -4.85. The van der Waals surface area contributed by atoms with Crippen LogP contribution in [-0.2, 0) is 66.7 Å². The van der Waals surface area contributed by atoms with Crippen LogP contribution in [0, 0.1) is 34.5 Å². The molecule has 0 spiro atoms. The number of carbonyl (C=O) groups excluding carboxylic acids is 1. The second-order valence-corrected chi connectivity index (χ2v) is 24.7. The number of hydrogen-bond acceptors (Lipinski definition) is 26. The number of Topliss-reactive ketones (excluding diaryl/α,β-unsaturated/α-hetero) is 1. The van der Waals surface area contributed by atoms with Gasteiger partial charge in [0.25, 0.3) is 0 Å². The minimum absolute atomic E-state index is 0.0808. The summed E-state index contributed by atoms with van der Waals surface area (Å²) < 4.78 is 99.6. The normalized spacial score (nSPS) is 53.9. The van der Waals surface area contributed by atoms with E-state index in [0.717, 1.165) is 6.42 Å². The molecule has 27 nitrogen and oxygen atoms in total. The second kappa shape index (κ2) is 23.5. The van der Waals surface area contributed by atoms with E-state index >= 15 is 0 Å². The first-order valence-corrected chi connectivity index (χ1v) is 28.4. The van der Waals surface area contributed by atoms with Crippen LogP contribution in [-0.4, -0.2) is 253 Å². The van der Waals surface area contributed by atoms with Crippen molar-refractivity contribution in [3.05, 3.63) is 11.6 Å². The van der Waals surface area contributed by atoms with Crippen molar-refractivity contribution in [2.75, 3.05) is 13.2 Å². The van der Waals surface area contributed by atoms with E-state index in [1.807, 2.05) is 0 Å². The van der Waals surface area contributed by atoms with Crippen LogP contribution in [0.2, 0.25) is 0 Å². The molecular weight excluding hydrogens is 1060 g/mol. The number of carbonyl (C=O) groups is 1. The fourth-order valence-corrected chi connectivity index (χ4v) is 14.9. The summed E-state index contributed by atoms with van der Waals surface area (Å²) in [5, 5.41) is 132. The molecule has 448 valence electrons. The van der Waals surface area contributed by atoms with Gasteiger partial charge in [-0.2, -0.15) is 8.42 Å². The van der Waals surface area contributed by atoms with Crippen LogP contribution in [0.5, 0.6) is 0 Å². The van der Waals surface area contributed by atoms with Crippen molar-refractivity contribution in [3.63, 3.8) is 0 Å². The monoisotopic (exact) mass is 1140 g/mol. The molecule has 13 N–H and O–H groups in total. The standard InChI is InChI=1S/C50H80O27S/c1-17(52)23-7-8-24-22-14-27(26-13-21(77-78(64,65)66)9-11-50(26,6)25(22)10-12-49(23,24)5)71-46-40(63)41(32(55)20(4)70-46)74-47-42(75-44-38(61)35(58)30(53)18(2)68-44)34(57)29(16-67-47)73-48-43(37(60)33(56)28(15-51)72-48)76-45-39(62)36(59)31(54)19(3)69-45/h10,18-24,26-48,51,53-63H,7-9,11-16H2,1-6H3,(H,64,65,66)/t18?,19?,20?,21-,22?,23+,24?,26+,27-,28?,29?,30?,31?,32?,33?,34?,35?,36?,37?,38?,39?,40?,41?,42?,43?,44?,45?,46?,47?,48?,49+,50+/m0/s1. The lowest BCUT2D eigenvalue weighted by Crippen LogP contribution is -2.67. The van der Waals surface area contributed by atoms with Crippen LogP contribution >= 0.6 is 0 Å². The maximum atomic E-state index is 13.0. The van der Waals surface area contributed by atoms with Crippen molar-refractivity contribution in [2.45, 2.75) is 246 Å². The molecule has 26 unspecified atom stereocenters. The average Bonchev–Trinajstić information content (AvgIpc) is 3.77. The molecule has 4 aliphatic carbocycles. The van der Waals surface area contributed by atoms with Crippen molar-refractivity contribution in [2.24, 2.45) is 34.5 Å². The maximum Gasteiger partial charge on any atom is 0.397 e. The van der Waals surface area contributed by atoms with Crippen LogP contribution in [0.1, 0.15) is 86.5 Å². The Labute approximate surface area is 451 Å². The molecule has 0 aromatic heterocycles. The van der Waals surface area contributed by atoms with E-state index in [1.165, 1.54) is 26.3 Å². The van der Waals surface area contributed by atoms with Crippen LogP contribution in [0.25, 0.3) is 0 Å². The molecule has 32 atom stereocenters. The largest absolute Gasteiger partial charge is 0.397 e. The van der Waals surface area contributed by atoms with Gasteiger partial charge < -0.3 is 109 Å². The Kier molecular flexibility index (Phi) is 18.3. The number of ketones is 1. The first-order chi connectivity index (χ1) is 36.6. The zero-order chi connectivity index (χ0) is 56.8. The highest BCUT2D eigenvalue weighted by atomic mass is 32.3. The quantitative estimate of drug-likeness (QED) is 0.0585. The van der Waals surface area contributed by atoms with Crippen molar-refractivity contribution in [1.82, 2.24) is 0 Å². The van der Waals surface area contributed by atoms with Gasteiger partial charge in [-0.3, -0.25) is 9.35 Å². The highest BCUT2D eigenvalue weighted by Crippen LogP contribution is 2.66. The third kappa shape index (κ3) is 11.4. The van der Waals surface area contributed by atoms with E-state index in [9.17, 15) is 79.0 Å². The molecule has 0 aromatic rings. The molecule has 5 aliphatic heterocycles. The predicted octanol–water partition coefficient (Wildman–Crippen LogP) is -3.84. The van der Waals surface area contributed by atoms with Gasteiger partial charge in [0.15, 0.2) is 31.5 Å². The molecule has 9 rings (SSSR count). The SMILES string of the molecule is CC(=O)[C@H]1CCC2C3C[C@H](OC4OC(C)C(O)C(OC5OCC(OC6OC(CO)C(O)C(O)C6OC6OC(C)C(O)C(O)C6O)C(O)C5OC5OC(C)C(O)C(O)C5O)C4O)[C@H]4C[C@@H](OS(=O)(=O)O)CC[C@]4(C)C3=CC[C@@]21C. The average molecular weight is 1150 g/mol. The molecule has 0 bridgehead atoms. The zero-order valence-corrected chi connectivity index (χ0v) is 45.0. The summed E-state index contributed by atoms with van der Waals surface area (Å²) in [7, 11) is -4.85. The summed E-state index contributed by atoms with van der Waals surface area (Å²) >= 11 is 0. The number of aliphatic hydroxyl groups excluding tert-OH is 12. The highest BCUT2D eigenvalue weighted by Gasteiger charge is 2.62. The lowest BCUT2D eigenvalue weighted by atomic mass is 9.48. The van der Waals surface area contributed by atoms with Gasteiger partial charge in [-0.15, -0.1) is 0 Å². The van der Waals surface area contributed by atoms with Crippen molar-refractivity contribution >= 4 is 16.2 Å². The van der Waals surface area contributed by atoms with E-state index in [4.69, 9.17) is 51.6 Å². The zero-order valence-electron chi connectivity index (χ0n) is 44.2. The summed E-state index contributed by atoms with van der Waals surface area (Å²) in [5.41, 5.74) is 0.245. The van der Waals surface area contributed by atoms with Gasteiger partial charge in [-0.1, -0.05) is 25.5 Å². The van der Waals surface area contributed by atoms with Crippen molar-refractivity contribution < 1.29 is 131 Å². The Morgan fingerprint density at radius 3 is 1.73 bits per heavy atom. The maximum absolute atomic E-state index is 13.0. The van der Waals surface area contributed by atoms with E-state index in [-0.39, 0.29) is 35.4 Å². The summed E-state index contributed by atoms with van der Waals surface area (Å²) in [6, 6.07) is 0. The van der Waals surface area contributed by atoms with Gasteiger partial charge in [0.1, 0.15) is 103 Å². The lowest BCUT2D eigenvalue weighted by molar-refractivity contribution is -0.398. The number of allylic oxidation sites excluding steroid dienone is 2. The predicted molar refractivity (Wildman–Crippen MR) is 257 cm³/mol. The van der Waals surface area contributed by atoms with Gasteiger partial charge >= 0.3 is 10.4 Å². The third-order valence-corrected chi connectivity index (χ3v) is 19.4. The summed E-state index contributed by atoms with van der Waals surface area (Å²) in [6.45, 7) is 8.55. The van der Waals surface area contributed by atoms with Gasteiger partial charge in [0.2, 0.25) is 0 Å². The topological polar surface area (TPSA) is 416 Å². The van der Waals surface area contributed by atoms with Gasteiger partial charge in [-0.05, 0) is 101 Å². The number of hydrogen-bond donors (Lipinski definition) is 13. The molecule has 3 saturated carbocycles. The lowest BCUT2D eigenvalue weighted by Gasteiger charge is -2.59. The van der Waals surface area contributed by atoms with E-state index in [1.54, 1.807) is 6.92 Å². The van der Waals surface area contributed by atoms with Crippen LogP contribution in [0.15, 0.2) is 11.6 Å². The fourth-order valence-electron chi connectivity index (χ4n) is 14.4. The smallest absolute Gasteiger partial charge is 0.394 e. The fraction of sp³-hybridized carbons (Fsp3) is 0.940. The molecule has 78 heavy (non-hydrogen) atoms. The number of ether oxygens (including phenoxy) is 10. The van der Waals surface area contributed by atoms with Crippen LogP contribution in [0.3, 0.4) is 0 Å². The van der Waals surface area contributed by atoms with Crippen molar-refractivity contribution in [3.8, 4) is 0 Å². The van der Waals surface area contributed by atoms with Crippen LogP contribution < -0.4 is 0 Å². The van der Waals surface area contributed by atoms with Crippen LogP contribution in [0.4, 0.5) is 0 Å². The van der Waals surface area contributed by atoms with Gasteiger partial charge in [0.05, 0.1) is 43.7 Å². The number of rotatable bonds is 14. The first kappa shape index (κ1) is 61.0. The molecule has 0 amide bonds. The Hall–Kier alpha value is -1.60. The molecule has 9 aliphatic rings. The Morgan fingerprint density at radius 1 is 0.603 bits per heavy atom. The molecule has 0 radical (unpaired) electrons. The molecule has 28 heteroatoms. The summed E-state index contributed by atoms with van der Waals surface area (Å²) in [4.78, 5) is 13.0. The Bertz CT molecular complexity index is 2230. The Balaban J connectivity index is 0.981. The molecule has 5 saturated heterocycles.